The molecule has 0 heterocycles. The number of hydrogen-bond acceptors (Lipinski definition) is 5. The van der Waals surface area contributed by atoms with E-state index in [2.05, 4.69) is 10.7 Å². The third kappa shape index (κ3) is 2.70. The highest BCUT2D eigenvalue weighted by Gasteiger charge is 2.19. The molecule has 104 valence electrons. The van der Waals surface area contributed by atoms with Crippen molar-refractivity contribution in [1.82, 2.24) is 0 Å². The summed E-state index contributed by atoms with van der Waals surface area (Å²) in [5.74, 6) is 5.32. The number of nitro benzene ring substituents is 1. The topological polar surface area (TPSA) is 93.2 Å². The molecule has 0 bridgehead atoms. The van der Waals surface area contributed by atoms with Crippen LogP contribution in [0, 0.1) is 24.0 Å². The molecule has 2 aromatic rings. The second-order valence-corrected chi connectivity index (χ2v) is 4.55. The Morgan fingerprint density at radius 2 is 1.80 bits per heavy atom. The Labute approximate surface area is 116 Å². The Balaban J connectivity index is 2.48. The highest BCUT2D eigenvalue weighted by atomic mass is 16.6. The van der Waals surface area contributed by atoms with Crippen molar-refractivity contribution in [3.63, 3.8) is 0 Å². The number of nitrogens with zero attached hydrogens (tertiary/aromatic N) is 1. The Bertz CT molecular complexity index is 656. The Hall–Kier alpha value is -2.60. The lowest BCUT2D eigenvalue weighted by molar-refractivity contribution is -0.383. The zero-order valence-electron chi connectivity index (χ0n) is 11.3. The van der Waals surface area contributed by atoms with E-state index in [4.69, 9.17) is 5.84 Å². The second kappa shape index (κ2) is 5.58. The van der Waals surface area contributed by atoms with Gasteiger partial charge in [-0.3, -0.25) is 16.0 Å². The maximum absolute atomic E-state index is 11.2. The summed E-state index contributed by atoms with van der Waals surface area (Å²) < 4.78 is 0. The molecule has 0 radical (unpaired) electrons. The molecule has 20 heavy (non-hydrogen) atoms. The number of nitro groups is 1. The SMILES string of the molecule is Cc1ccc(C)c(Nc2cccc(NN)c2[N+](=O)[O-])c1. The van der Waals surface area contributed by atoms with E-state index in [0.29, 0.717) is 5.69 Å². The Morgan fingerprint density at radius 1 is 1.10 bits per heavy atom. The largest absolute Gasteiger partial charge is 0.350 e. The number of aryl methyl sites for hydroxylation is 2. The van der Waals surface area contributed by atoms with Gasteiger partial charge in [-0.2, -0.15) is 0 Å². The van der Waals surface area contributed by atoms with Crippen LogP contribution in [0.25, 0.3) is 0 Å². The number of benzene rings is 2. The normalized spacial score (nSPS) is 10.2. The predicted octanol–water partition coefficient (Wildman–Crippen LogP) is 3.24. The number of nitrogens with two attached hydrogens (primary N) is 1. The predicted molar refractivity (Wildman–Crippen MR) is 80.1 cm³/mol. The molecular weight excluding hydrogens is 256 g/mol. The molecule has 0 aromatic heterocycles. The van der Waals surface area contributed by atoms with Crippen LogP contribution in [0.1, 0.15) is 11.1 Å². The van der Waals surface area contributed by atoms with Crippen LogP contribution in [-0.2, 0) is 0 Å². The lowest BCUT2D eigenvalue weighted by Crippen LogP contribution is -2.10. The first kappa shape index (κ1) is 13.8. The maximum Gasteiger partial charge on any atom is 0.316 e. The van der Waals surface area contributed by atoms with E-state index in [1.54, 1.807) is 18.2 Å². The average molecular weight is 272 g/mol. The van der Waals surface area contributed by atoms with Crippen LogP contribution in [0.15, 0.2) is 36.4 Å². The van der Waals surface area contributed by atoms with Crippen molar-refractivity contribution in [3.05, 3.63) is 57.6 Å². The molecule has 0 aliphatic rings. The van der Waals surface area contributed by atoms with Crippen molar-refractivity contribution >= 4 is 22.7 Å². The van der Waals surface area contributed by atoms with E-state index in [-0.39, 0.29) is 11.4 Å². The smallest absolute Gasteiger partial charge is 0.316 e. The third-order valence-electron chi connectivity index (χ3n) is 3.04. The lowest BCUT2D eigenvalue weighted by atomic mass is 10.1. The van der Waals surface area contributed by atoms with Crippen molar-refractivity contribution < 1.29 is 4.92 Å². The lowest BCUT2D eigenvalue weighted by Gasteiger charge is -2.12. The van der Waals surface area contributed by atoms with Gasteiger partial charge in [0.15, 0.2) is 0 Å². The number of anilines is 3. The fourth-order valence-electron chi connectivity index (χ4n) is 1.97. The summed E-state index contributed by atoms with van der Waals surface area (Å²) in [7, 11) is 0. The molecule has 0 saturated carbocycles. The molecule has 2 aromatic carbocycles. The number of rotatable bonds is 4. The molecule has 0 amide bonds. The van der Waals surface area contributed by atoms with Crippen LogP contribution in [0.5, 0.6) is 0 Å². The van der Waals surface area contributed by atoms with Gasteiger partial charge in [-0.1, -0.05) is 18.2 Å². The van der Waals surface area contributed by atoms with Gasteiger partial charge in [0, 0.05) is 5.69 Å². The highest BCUT2D eigenvalue weighted by Crippen LogP contribution is 2.34. The van der Waals surface area contributed by atoms with E-state index < -0.39 is 4.92 Å². The van der Waals surface area contributed by atoms with Gasteiger partial charge < -0.3 is 10.7 Å². The van der Waals surface area contributed by atoms with Crippen LogP contribution in [0.2, 0.25) is 0 Å². The van der Waals surface area contributed by atoms with Crippen LogP contribution < -0.4 is 16.6 Å². The first-order valence-corrected chi connectivity index (χ1v) is 6.11. The summed E-state index contributed by atoms with van der Waals surface area (Å²) in [4.78, 5) is 10.8. The molecule has 0 fully saturated rings. The molecule has 4 N–H and O–H groups in total. The molecule has 0 aliphatic carbocycles. The molecule has 6 nitrogen and oxygen atoms in total. The molecule has 0 saturated heterocycles. The molecule has 0 unspecified atom stereocenters. The number of nitrogen functional groups attached to an aromatic ring is 1. The fourth-order valence-corrected chi connectivity index (χ4v) is 1.97. The zero-order valence-corrected chi connectivity index (χ0v) is 11.3. The number of nitrogens with one attached hydrogen (secondary N) is 2. The van der Waals surface area contributed by atoms with E-state index >= 15 is 0 Å². The van der Waals surface area contributed by atoms with Gasteiger partial charge in [0.2, 0.25) is 0 Å². The minimum atomic E-state index is -0.456. The van der Waals surface area contributed by atoms with Crippen molar-refractivity contribution in [2.75, 3.05) is 10.7 Å². The van der Waals surface area contributed by atoms with E-state index in [1.807, 2.05) is 32.0 Å². The quantitative estimate of drug-likeness (QED) is 0.451. The van der Waals surface area contributed by atoms with Crippen molar-refractivity contribution in [1.29, 1.82) is 0 Å². The number of hydrazine groups is 1. The monoisotopic (exact) mass is 272 g/mol. The van der Waals surface area contributed by atoms with Gasteiger partial charge in [0.1, 0.15) is 11.4 Å². The molecular formula is C14H16N4O2. The minimum absolute atomic E-state index is 0.0732. The first-order chi connectivity index (χ1) is 9.52. The van der Waals surface area contributed by atoms with Crippen LogP contribution in [0.4, 0.5) is 22.7 Å². The summed E-state index contributed by atoms with van der Waals surface area (Å²) in [6, 6.07) is 10.8. The van der Waals surface area contributed by atoms with Gasteiger partial charge in [0.05, 0.1) is 4.92 Å². The van der Waals surface area contributed by atoms with Crippen LogP contribution >= 0.6 is 0 Å². The zero-order chi connectivity index (χ0) is 14.7. The van der Waals surface area contributed by atoms with Crippen molar-refractivity contribution in [2.24, 2.45) is 5.84 Å². The number of para-hydroxylation sites is 1. The Kier molecular flexibility index (Phi) is 3.86. The molecule has 6 heteroatoms. The third-order valence-corrected chi connectivity index (χ3v) is 3.04. The fraction of sp³-hybridized carbons (Fsp3) is 0.143. The van der Waals surface area contributed by atoms with Gasteiger partial charge >= 0.3 is 5.69 Å². The summed E-state index contributed by atoms with van der Waals surface area (Å²) in [5.41, 5.74) is 5.87. The van der Waals surface area contributed by atoms with Gasteiger partial charge in [-0.05, 0) is 43.2 Å². The van der Waals surface area contributed by atoms with E-state index in [0.717, 1.165) is 16.8 Å². The Morgan fingerprint density at radius 3 is 2.45 bits per heavy atom. The standard InChI is InChI=1S/C14H16N4O2/c1-9-6-7-10(2)13(8-9)16-11-4-3-5-12(17-15)14(11)18(19)20/h3-8,16-17H,15H2,1-2H3. The summed E-state index contributed by atoms with van der Waals surface area (Å²) >= 11 is 0. The maximum atomic E-state index is 11.2. The van der Waals surface area contributed by atoms with Crippen LogP contribution in [0.3, 0.4) is 0 Å². The van der Waals surface area contributed by atoms with Gasteiger partial charge in [0.25, 0.3) is 0 Å². The summed E-state index contributed by atoms with van der Waals surface area (Å²) in [5, 5.41) is 14.3. The van der Waals surface area contributed by atoms with Crippen molar-refractivity contribution in [2.45, 2.75) is 13.8 Å². The summed E-state index contributed by atoms with van der Waals surface area (Å²) in [6.45, 7) is 3.91. The van der Waals surface area contributed by atoms with Crippen LogP contribution in [-0.4, -0.2) is 4.92 Å². The van der Waals surface area contributed by atoms with E-state index in [9.17, 15) is 10.1 Å². The molecule has 0 aliphatic heterocycles. The number of hydrogen-bond donors (Lipinski definition) is 3. The molecule has 2 rings (SSSR count). The highest BCUT2D eigenvalue weighted by molar-refractivity contribution is 5.80. The summed E-state index contributed by atoms with van der Waals surface area (Å²) in [6.07, 6.45) is 0. The van der Waals surface area contributed by atoms with Gasteiger partial charge in [-0.15, -0.1) is 0 Å². The molecule has 0 spiro atoms. The van der Waals surface area contributed by atoms with E-state index in [1.165, 1.54) is 0 Å². The first-order valence-electron chi connectivity index (χ1n) is 6.11. The molecule has 0 atom stereocenters. The second-order valence-electron chi connectivity index (χ2n) is 4.55. The minimum Gasteiger partial charge on any atom is -0.350 e. The average Bonchev–Trinajstić information content (AvgIpc) is 2.42. The van der Waals surface area contributed by atoms with Crippen molar-refractivity contribution in [3.8, 4) is 0 Å². The van der Waals surface area contributed by atoms with Gasteiger partial charge in [-0.25, -0.2) is 0 Å².